The highest BCUT2D eigenvalue weighted by Crippen LogP contribution is 2.34. The Morgan fingerprint density at radius 3 is 2.53 bits per heavy atom. The van der Waals surface area contributed by atoms with Gasteiger partial charge in [0.05, 0.1) is 6.61 Å². The van der Waals surface area contributed by atoms with E-state index < -0.39 is 5.92 Å². The largest absolute Gasteiger partial charge is 0.392 e. The monoisotopic (exact) mass is 214 g/mol. The molecule has 1 aromatic carbocycles. The van der Waals surface area contributed by atoms with Gasteiger partial charge in [-0.3, -0.25) is 0 Å². The van der Waals surface area contributed by atoms with Crippen LogP contribution in [0.15, 0.2) is 24.3 Å². The molecule has 1 N–H and O–H groups in total. The van der Waals surface area contributed by atoms with Gasteiger partial charge in [0.2, 0.25) is 0 Å². The van der Waals surface area contributed by atoms with Crippen LogP contribution in [0, 0.1) is 5.92 Å². The number of aliphatic hydroxyl groups is 1. The van der Waals surface area contributed by atoms with E-state index in [-0.39, 0.29) is 24.5 Å². The van der Waals surface area contributed by atoms with Crippen LogP contribution in [-0.2, 0) is 12.5 Å². The second-order valence-corrected chi connectivity index (χ2v) is 4.16. The SMILES string of the molecule is CC(C)CC(F)(F)c1cccc(CO)c1. The van der Waals surface area contributed by atoms with E-state index in [0.29, 0.717) is 5.56 Å². The summed E-state index contributed by atoms with van der Waals surface area (Å²) in [5.41, 5.74) is 0.513. The first-order valence-corrected chi connectivity index (χ1v) is 5.04. The van der Waals surface area contributed by atoms with E-state index in [4.69, 9.17) is 5.11 Å². The number of aliphatic hydroxyl groups excluding tert-OH is 1. The molecule has 0 bridgehead atoms. The van der Waals surface area contributed by atoms with Crippen molar-refractivity contribution in [2.75, 3.05) is 0 Å². The Hall–Kier alpha value is -0.960. The molecule has 0 fully saturated rings. The number of hydrogen-bond donors (Lipinski definition) is 1. The molecule has 0 radical (unpaired) electrons. The van der Waals surface area contributed by atoms with Crippen LogP contribution in [0.4, 0.5) is 8.78 Å². The van der Waals surface area contributed by atoms with Crippen LogP contribution < -0.4 is 0 Å². The predicted octanol–water partition coefficient (Wildman–Crippen LogP) is 3.32. The van der Waals surface area contributed by atoms with E-state index in [1.807, 2.05) is 0 Å². The van der Waals surface area contributed by atoms with Gasteiger partial charge in [0, 0.05) is 12.0 Å². The van der Waals surface area contributed by atoms with Gasteiger partial charge in [-0.15, -0.1) is 0 Å². The van der Waals surface area contributed by atoms with Crippen molar-refractivity contribution in [3.05, 3.63) is 35.4 Å². The van der Waals surface area contributed by atoms with Crippen molar-refractivity contribution in [3.63, 3.8) is 0 Å². The summed E-state index contributed by atoms with van der Waals surface area (Å²) in [6.07, 6.45) is -0.165. The highest BCUT2D eigenvalue weighted by atomic mass is 19.3. The summed E-state index contributed by atoms with van der Waals surface area (Å²) in [6, 6.07) is 5.95. The summed E-state index contributed by atoms with van der Waals surface area (Å²) < 4.78 is 27.3. The highest BCUT2D eigenvalue weighted by Gasteiger charge is 2.32. The van der Waals surface area contributed by atoms with Gasteiger partial charge in [0.25, 0.3) is 5.92 Å². The minimum atomic E-state index is -2.81. The van der Waals surface area contributed by atoms with Crippen LogP contribution >= 0.6 is 0 Å². The van der Waals surface area contributed by atoms with E-state index in [1.165, 1.54) is 12.1 Å². The van der Waals surface area contributed by atoms with Gasteiger partial charge in [-0.05, 0) is 17.5 Å². The van der Waals surface area contributed by atoms with E-state index in [2.05, 4.69) is 0 Å². The number of rotatable bonds is 4. The minimum Gasteiger partial charge on any atom is -0.392 e. The fourth-order valence-electron chi connectivity index (χ4n) is 1.53. The molecule has 0 amide bonds. The number of hydrogen-bond acceptors (Lipinski definition) is 1. The summed E-state index contributed by atoms with van der Waals surface area (Å²) in [5, 5.41) is 8.86. The molecule has 15 heavy (non-hydrogen) atoms. The molecule has 0 aliphatic carbocycles. The molecule has 1 nitrogen and oxygen atoms in total. The first kappa shape index (κ1) is 12.1. The Bertz CT molecular complexity index is 321. The molecule has 0 aromatic heterocycles. The molecular weight excluding hydrogens is 198 g/mol. The van der Waals surface area contributed by atoms with Crippen LogP contribution in [-0.4, -0.2) is 5.11 Å². The van der Waals surface area contributed by atoms with Crippen molar-refractivity contribution in [3.8, 4) is 0 Å². The molecule has 0 unspecified atom stereocenters. The lowest BCUT2D eigenvalue weighted by atomic mass is 9.97. The summed E-state index contributed by atoms with van der Waals surface area (Å²) >= 11 is 0. The Balaban J connectivity index is 2.93. The maximum Gasteiger partial charge on any atom is 0.273 e. The van der Waals surface area contributed by atoms with Gasteiger partial charge in [-0.2, -0.15) is 0 Å². The first-order chi connectivity index (χ1) is 6.95. The predicted molar refractivity (Wildman–Crippen MR) is 55.7 cm³/mol. The van der Waals surface area contributed by atoms with Gasteiger partial charge >= 0.3 is 0 Å². The summed E-state index contributed by atoms with van der Waals surface area (Å²) in [7, 11) is 0. The van der Waals surface area contributed by atoms with Crippen molar-refractivity contribution in [2.45, 2.75) is 32.8 Å². The second kappa shape index (κ2) is 4.71. The van der Waals surface area contributed by atoms with Gasteiger partial charge in [-0.1, -0.05) is 32.0 Å². The van der Waals surface area contributed by atoms with Gasteiger partial charge < -0.3 is 5.11 Å². The first-order valence-electron chi connectivity index (χ1n) is 5.04. The molecule has 0 saturated carbocycles. The van der Waals surface area contributed by atoms with Crippen molar-refractivity contribution >= 4 is 0 Å². The lowest BCUT2D eigenvalue weighted by molar-refractivity contribution is -0.0250. The van der Waals surface area contributed by atoms with Crippen LogP contribution in [0.2, 0.25) is 0 Å². The van der Waals surface area contributed by atoms with E-state index in [0.717, 1.165) is 0 Å². The van der Waals surface area contributed by atoms with Crippen molar-refractivity contribution in [1.82, 2.24) is 0 Å². The van der Waals surface area contributed by atoms with Crippen LogP contribution in [0.25, 0.3) is 0 Å². The summed E-state index contributed by atoms with van der Waals surface area (Å²) in [6.45, 7) is 3.33. The van der Waals surface area contributed by atoms with Gasteiger partial charge in [0.1, 0.15) is 0 Å². The topological polar surface area (TPSA) is 20.2 Å². The molecule has 1 rings (SSSR count). The standard InChI is InChI=1S/C12H16F2O/c1-9(2)7-12(13,14)11-5-3-4-10(6-11)8-15/h3-6,9,15H,7-8H2,1-2H3. The molecule has 84 valence electrons. The molecular formula is C12H16F2O. The molecule has 0 atom stereocenters. The van der Waals surface area contributed by atoms with Gasteiger partial charge in [-0.25, -0.2) is 8.78 Å². The maximum absolute atomic E-state index is 13.6. The molecule has 0 aliphatic heterocycles. The molecule has 0 aliphatic rings. The van der Waals surface area contributed by atoms with Crippen LogP contribution in [0.3, 0.4) is 0 Å². The Morgan fingerprint density at radius 1 is 1.33 bits per heavy atom. The van der Waals surface area contributed by atoms with Crippen molar-refractivity contribution < 1.29 is 13.9 Å². The maximum atomic E-state index is 13.6. The molecule has 0 saturated heterocycles. The zero-order chi connectivity index (χ0) is 11.5. The molecule has 0 heterocycles. The van der Waals surface area contributed by atoms with Gasteiger partial charge in [0.15, 0.2) is 0 Å². The average molecular weight is 214 g/mol. The number of benzene rings is 1. The minimum absolute atomic E-state index is 0.0113. The molecule has 3 heteroatoms. The Kier molecular flexibility index (Phi) is 3.80. The number of alkyl halides is 2. The highest BCUT2D eigenvalue weighted by molar-refractivity contribution is 5.26. The van der Waals surface area contributed by atoms with Crippen LogP contribution in [0.5, 0.6) is 0 Å². The lowest BCUT2D eigenvalue weighted by Gasteiger charge is -2.19. The average Bonchev–Trinajstić information content (AvgIpc) is 2.16. The van der Waals surface area contributed by atoms with E-state index >= 15 is 0 Å². The third-order valence-electron chi connectivity index (χ3n) is 2.20. The zero-order valence-electron chi connectivity index (χ0n) is 9.00. The quantitative estimate of drug-likeness (QED) is 0.815. The molecule has 1 aromatic rings. The Morgan fingerprint density at radius 2 is 2.00 bits per heavy atom. The van der Waals surface area contributed by atoms with Crippen molar-refractivity contribution in [1.29, 1.82) is 0 Å². The summed E-state index contributed by atoms with van der Waals surface area (Å²) in [4.78, 5) is 0. The third kappa shape index (κ3) is 3.27. The second-order valence-electron chi connectivity index (χ2n) is 4.16. The van der Waals surface area contributed by atoms with E-state index in [1.54, 1.807) is 26.0 Å². The fraction of sp³-hybridized carbons (Fsp3) is 0.500. The molecule has 0 spiro atoms. The normalized spacial score (nSPS) is 12.1. The van der Waals surface area contributed by atoms with Crippen LogP contribution in [0.1, 0.15) is 31.4 Å². The zero-order valence-corrected chi connectivity index (χ0v) is 9.00. The summed E-state index contributed by atoms with van der Waals surface area (Å²) in [5.74, 6) is -2.86. The fourth-order valence-corrected chi connectivity index (χ4v) is 1.53. The lowest BCUT2D eigenvalue weighted by Crippen LogP contribution is -2.16. The number of halogens is 2. The van der Waals surface area contributed by atoms with E-state index in [9.17, 15) is 8.78 Å². The smallest absolute Gasteiger partial charge is 0.273 e. The van der Waals surface area contributed by atoms with Crippen molar-refractivity contribution in [2.24, 2.45) is 5.92 Å². The Labute approximate surface area is 88.7 Å². The third-order valence-corrected chi connectivity index (χ3v) is 2.20.